The molecule has 0 saturated heterocycles. The van der Waals surface area contributed by atoms with Crippen LogP contribution < -0.4 is 14.8 Å². The lowest BCUT2D eigenvalue weighted by atomic mass is 10.1. The number of benzene rings is 3. The van der Waals surface area contributed by atoms with Gasteiger partial charge in [-0.05, 0) is 67.4 Å². The Morgan fingerprint density at radius 2 is 1.66 bits per heavy atom. The van der Waals surface area contributed by atoms with Crippen LogP contribution in [0.3, 0.4) is 0 Å². The van der Waals surface area contributed by atoms with E-state index in [1.54, 1.807) is 37.3 Å². The molecule has 0 aliphatic rings. The molecule has 0 atom stereocenters. The Hall–Kier alpha value is -4.18. The van der Waals surface area contributed by atoms with Crippen LogP contribution in [0.15, 0.2) is 76.1 Å². The van der Waals surface area contributed by atoms with Gasteiger partial charge in [-0.3, -0.25) is 9.52 Å². The fraction of sp³-hybridized carbons (Fsp3) is 0.250. The third-order valence-corrected chi connectivity index (χ3v) is 7.08. The third kappa shape index (κ3) is 6.98. The second-order valence-electron chi connectivity index (χ2n) is 9.31. The van der Waals surface area contributed by atoms with Gasteiger partial charge in [0, 0.05) is 23.7 Å². The van der Waals surface area contributed by atoms with Crippen molar-refractivity contribution >= 4 is 27.3 Å². The lowest BCUT2D eigenvalue weighted by Gasteiger charge is -2.13. The highest BCUT2D eigenvalue weighted by molar-refractivity contribution is 7.92. The van der Waals surface area contributed by atoms with E-state index in [1.807, 2.05) is 45.0 Å². The van der Waals surface area contributed by atoms with Gasteiger partial charge in [-0.15, -0.1) is 0 Å². The Bertz CT molecular complexity index is 1510. The summed E-state index contributed by atoms with van der Waals surface area (Å²) in [6, 6.07) is 18.9. The standard InChI is InChI=1S/C28H30N4O5S/c1-18(2)28-30-26(31-37-28)16-21-7-11-22(12-8-21)29-27(33)17-36-25-14-13-24(15-20(25)4)38(34,35)32-23-9-5-19(3)6-10-23/h5-15,18,32H,16-17H2,1-4H3,(H,29,33). The summed E-state index contributed by atoms with van der Waals surface area (Å²) in [4.78, 5) is 16.9. The molecule has 0 bridgehead atoms. The van der Waals surface area contributed by atoms with E-state index >= 15 is 0 Å². The molecule has 10 heteroatoms. The lowest BCUT2D eigenvalue weighted by Crippen LogP contribution is -2.20. The molecule has 0 spiro atoms. The van der Waals surface area contributed by atoms with E-state index in [-0.39, 0.29) is 23.3 Å². The summed E-state index contributed by atoms with van der Waals surface area (Å²) in [6.45, 7) is 7.41. The van der Waals surface area contributed by atoms with Crippen LogP contribution in [0.4, 0.5) is 11.4 Å². The second-order valence-corrected chi connectivity index (χ2v) is 11.0. The summed E-state index contributed by atoms with van der Waals surface area (Å²) in [7, 11) is -3.76. The van der Waals surface area contributed by atoms with Gasteiger partial charge in [0.05, 0.1) is 4.90 Å². The number of aryl methyl sites for hydroxylation is 2. The summed E-state index contributed by atoms with van der Waals surface area (Å²) in [5, 5.41) is 6.78. The molecular weight excluding hydrogens is 504 g/mol. The minimum absolute atomic E-state index is 0.105. The summed E-state index contributed by atoms with van der Waals surface area (Å²) >= 11 is 0. The van der Waals surface area contributed by atoms with Gasteiger partial charge >= 0.3 is 0 Å². The second kappa shape index (κ2) is 11.5. The molecule has 4 aromatic rings. The number of sulfonamides is 1. The van der Waals surface area contributed by atoms with Gasteiger partial charge in [0.15, 0.2) is 12.4 Å². The molecule has 9 nitrogen and oxygen atoms in total. The Morgan fingerprint density at radius 1 is 0.974 bits per heavy atom. The first-order valence-corrected chi connectivity index (χ1v) is 13.6. The van der Waals surface area contributed by atoms with Gasteiger partial charge in [-0.2, -0.15) is 4.98 Å². The summed E-state index contributed by atoms with van der Waals surface area (Å²) < 4.78 is 38.9. The quantitative estimate of drug-likeness (QED) is 0.286. The maximum atomic E-state index is 12.7. The minimum atomic E-state index is -3.76. The van der Waals surface area contributed by atoms with E-state index in [0.29, 0.717) is 40.8 Å². The molecule has 0 radical (unpaired) electrons. The fourth-order valence-corrected chi connectivity index (χ4v) is 4.73. The summed E-state index contributed by atoms with van der Waals surface area (Å²) in [5.41, 5.74) is 3.72. The van der Waals surface area contributed by atoms with Crippen molar-refractivity contribution in [3.05, 3.63) is 95.1 Å². The van der Waals surface area contributed by atoms with E-state index in [2.05, 4.69) is 20.2 Å². The van der Waals surface area contributed by atoms with Crippen LogP contribution in [0.2, 0.25) is 0 Å². The van der Waals surface area contributed by atoms with E-state index in [1.165, 1.54) is 12.1 Å². The van der Waals surface area contributed by atoms with Crippen LogP contribution in [0.25, 0.3) is 0 Å². The highest BCUT2D eigenvalue weighted by Crippen LogP contribution is 2.24. The number of carbonyl (C=O) groups excluding carboxylic acids is 1. The molecule has 3 aromatic carbocycles. The van der Waals surface area contributed by atoms with E-state index in [0.717, 1.165) is 11.1 Å². The highest BCUT2D eigenvalue weighted by atomic mass is 32.2. The first kappa shape index (κ1) is 26.9. The van der Waals surface area contributed by atoms with Gasteiger partial charge in [0.25, 0.3) is 15.9 Å². The van der Waals surface area contributed by atoms with Crippen molar-refractivity contribution in [2.75, 3.05) is 16.6 Å². The van der Waals surface area contributed by atoms with Crippen LogP contribution in [0, 0.1) is 13.8 Å². The molecule has 2 N–H and O–H groups in total. The molecule has 0 aliphatic carbocycles. The SMILES string of the molecule is Cc1ccc(NS(=O)(=O)c2ccc(OCC(=O)Nc3ccc(Cc4noc(C(C)C)n4)cc3)c(C)c2)cc1. The summed E-state index contributed by atoms with van der Waals surface area (Å²) in [6.07, 6.45) is 0.527. The number of rotatable bonds is 10. The smallest absolute Gasteiger partial charge is 0.262 e. The Morgan fingerprint density at radius 3 is 2.29 bits per heavy atom. The Labute approximate surface area is 222 Å². The highest BCUT2D eigenvalue weighted by Gasteiger charge is 2.16. The molecule has 1 heterocycles. The average Bonchev–Trinajstić information content (AvgIpc) is 3.35. The molecule has 0 aliphatic heterocycles. The zero-order chi connectivity index (χ0) is 27.3. The molecule has 1 amide bonds. The number of nitrogens with zero attached hydrogens (tertiary/aromatic N) is 2. The van der Waals surface area contributed by atoms with Crippen molar-refractivity contribution in [3.8, 4) is 5.75 Å². The molecule has 4 rings (SSSR count). The van der Waals surface area contributed by atoms with Gasteiger partial charge in [0.2, 0.25) is 5.89 Å². The van der Waals surface area contributed by atoms with Crippen LogP contribution in [0.5, 0.6) is 5.75 Å². The monoisotopic (exact) mass is 534 g/mol. The molecule has 0 saturated carbocycles. The normalized spacial score (nSPS) is 11.4. The molecule has 1 aromatic heterocycles. The van der Waals surface area contributed by atoms with Crippen LogP contribution in [-0.2, 0) is 21.2 Å². The largest absolute Gasteiger partial charge is 0.483 e. The van der Waals surface area contributed by atoms with Gasteiger partial charge < -0.3 is 14.6 Å². The zero-order valence-electron chi connectivity index (χ0n) is 21.7. The average molecular weight is 535 g/mol. The number of nitrogens with one attached hydrogen (secondary N) is 2. The first-order chi connectivity index (χ1) is 18.1. The topological polar surface area (TPSA) is 123 Å². The maximum Gasteiger partial charge on any atom is 0.262 e. The predicted molar refractivity (Wildman–Crippen MR) is 145 cm³/mol. The molecule has 198 valence electrons. The third-order valence-electron chi connectivity index (χ3n) is 5.70. The number of ether oxygens (including phenoxy) is 1. The van der Waals surface area contributed by atoms with Crippen molar-refractivity contribution < 1.29 is 22.5 Å². The van der Waals surface area contributed by atoms with E-state index in [9.17, 15) is 13.2 Å². The number of amides is 1. The van der Waals surface area contributed by atoms with Crippen LogP contribution >= 0.6 is 0 Å². The lowest BCUT2D eigenvalue weighted by molar-refractivity contribution is -0.118. The number of aromatic nitrogens is 2. The van der Waals surface area contributed by atoms with E-state index in [4.69, 9.17) is 9.26 Å². The van der Waals surface area contributed by atoms with Crippen LogP contribution in [0.1, 0.15) is 48.2 Å². The first-order valence-electron chi connectivity index (χ1n) is 12.1. The number of anilines is 2. The van der Waals surface area contributed by atoms with E-state index < -0.39 is 10.0 Å². The fourth-order valence-electron chi connectivity index (χ4n) is 3.59. The zero-order valence-corrected chi connectivity index (χ0v) is 22.5. The molecule has 0 unspecified atom stereocenters. The maximum absolute atomic E-state index is 12.7. The summed E-state index contributed by atoms with van der Waals surface area (Å²) in [5.74, 6) is 1.47. The van der Waals surface area contributed by atoms with Gasteiger partial charge in [0.1, 0.15) is 5.75 Å². The number of hydrogen-bond donors (Lipinski definition) is 2. The van der Waals surface area contributed by atoms with Gasteiger partial charge in [-0.1, -0.05) is 48.8 Å². The molecule has 0 fully saturated rings. The van der Waals surface area contributed by atoms with Crippen molar-refractivity contribution in [1.29, 1.82) is 0 Å². The molecule has 38 heavy (non-hydrogen) atoms. The Kier molecular flexibility index (Phi) is 8.11. The predicted octanol–water partition coefficient (Wildman–Crippen LogP) is 5.22. The van der Waals surface area contributed by atoms with Gasteiger partial charge in [-0.25, -0.2) is 8.42 Å². The van der Waals surface area contributed by atoms with Crippen molar-refractivity contribution in [1.82, 2.24) is 10.1 Å². The minimum Gasteiger partial charge on any atom is -0.483 e. The number of hydrogen-bond acceptors (Lipinski definition) is 7. The Balaban J connectivity index is 1.30. The number of carbonyl (C=O) groups is 1. The van der Waals surface area contributed by atoms with Crippen molar-refractivity contribution in [3.63, 3.8) is 0 Å². The van der Waals surface area contributed by atoms with Crippen molar-refractivity contribution in [2.45, 2.75) is 44.9 Å². The van der Waals surface area contributed by atoms with Crippen LogP contribution in [-0.4, -0.2) is 31.1 Å². The van der Waals surface area contributed by atoms with Crippen molar-refractivity contribution in [2.24, 2.45) is 0 Å². The molecular formula is C28H30N4O5S.